The van der Waals surface area contributed by atoms with Gasteiger partial charge in [0.1, 0.15) is 5.82 Å². The van der Waals surface area contributed by atoms with Crippen molar-refractivity contribution in [3.05, 3.63) is 75.7 Å². The highest BCUT2D eigenvalue weighted by Gasteiger charge is 2.12. The van der Waals surface area contributed by atoms with E-state index in [0.717, 1.165) is 29.8 Å². The molecule has 162 valence electrons. The van der Waals surface area contributed by atoms with E-state index in [1.807, 2.05) is 18.0 Å². The minimum Gasteiger partial charge on any atom is -0.325 e. The largest absolute Gasteiger partial charge is 0.325 e. The Labute approximate surface area is 179 Å². The molecule has 0 atom stereocenters. The van der Waals surface area contributed by atoms with E-state index in [1.165, 1.54) is 24.3 Å². The van der Waals surface area contributed by atoms with Crippen molar-refractivity contribution in [1.82, 2.24) is 15.1 Å². The second kappa shape index (κ2) is 9.94. The molecule has 0 fully saturated rings. The van der Waals surface area contributed by atoms with Crippen LogP contribution in [-0.2, 0) is 11.2 Å². The van der Waals surface area contributed by atoms with Crippen LogP contribution in [0.3, 0.4) is 0 Å². The number of carbonyl (C=O) groups excluding carboxylic acids is 1. The van der Waals surface area contributed by atoms with Crippen molar-refractivity contribution < 1.29 is 14.1 Å². The van der Waals surface area contributed by atoms with Gasteiger partial charge in [0.05, 0.1) is 17.2 Å². The molecule has 0 saturated carbocycles. The van der Waals surface area contributed by atoms with Crippen LogP contribution in [0.5, 0.6) is 0 Å². The molecule has 0 aliphatic carbocycles. The van der Waals surface area contributed by atoms with Crippen LogP contribution in [-0.4, -0.2) is 46.1 Å². The maximum atomic E-state index is 13.0. The summed E-state index contributed by atoms with van der Waals surface area (Å²) in [5.74, 6) is -0.463. The van der Waals surface area contributed by atoms with Crippen LogP contribution in [0.4, 0.5) is 15.8 Å². The summed E-state index contributed by atoms with van der Waals surface area (Å²) < 4.78 is 13.0. The monoisotopic (exact) mass is 425 g/mol. The fourth-order valence-corrected chi connectivity index (χ4v) is 3.21. The molecular weight excluding hydrogens is 401 g/mol. The molecule has 1 amide bonds. The Morgan fingerprint density at radius 2 is 1.97 bits per heavy atom. The minimum absolute atomic E-state index is 0.00555. The third-order valence-corrected chi connectivity index (χ3v) is 4.87. The summed E-state index contributed by atoms with van der Waals surface area (Å²) in [4.78, 5) is 24.5. The van der Waals surface area contributed by atoms with E-state index in [2.05, 4.69) is 15.5 Å². The number of likely N-dealkylation sites (N-methyl/N-ethyl adjacent to an activating group) is 1. The van der Waals surface area contributed by atoms with Gasteiger partial charge in [-0.2, -0.15) is 5.10 Å². The van der Waals surface area contributed by atoms with Crippen LogP contribution >= 0.6 is 0 Å². The standard InChI is InChI=1S/C22H24FN5O3/c1-15-12-19(28(30)31)9-10-20(15)24-22(29)14-27(2)11-3-4-18-13-21(26-25-18)16-5-7-17(23)8-6-16/h5-10,12-13H,3-4,11,14H2,1-2H3,(H,24,29)(H,25,26). The number of aromatic nitrogens is 2. The first-order valence-corrected chi connectivity index (χ1v) is 9.85. The van der Waals surface area contributed by atoms with Crippen molar-refractivity contribution >= 4 is 17.3 Å². The SMILES string of the molecule is Cc1cc([N+](=O)[O-])ccc1NC(=O)CN(C)CCCc1cc(-c2ccc(F)cc2)n[nH]1. The summed E-state index contributed by atoms with van der Waals surface area (Å²) in [5, 5.41) is 20.9. The molecule has 0 radical (unpaired) electrons. The van der Waals surface area contributed by atoms with Crippen LogP contribution in [0.1, 0.15) is 17.7 Å². The summed E-state index contributed by atoms with van der Waals surface area (Å²) in [7, 11) is 1.86. The van der Waals surface area contributed by atoms with E-state index in [-0.39, 0.29) is 24.0 Å². The summed E-state index contributed by atoms with van der Waals surface area (Å²) in [6, 6.07) is 12.5. The predicted molar refractivity (Wildman–Crippen MR) is 116 cm³/mol. The average molecular weight is 425 g/mol. The Morgan fingerprint density at radius 1 is 1.23 bits per heavy atom. The van der Waals surface area contributed by atoms with Crippen LogP contribution in [0.15, 0.2) is 48.5 Å². The molecule has 0 aliphatic rings. The van der Waals surface area contributed by atoms with Crippen molar-refractivity contribution in [1.29, 1.82) is 0 Å². The highest BCUT2D eigenvalue weighted by Crippen LogP contribution is 2.21. The van der Waals surface area contributed by atoms with Gasteiger partial charge in [-0.3, -0.25) is 24.9 Å². The van der Waals surface area contributed by atoms with Gasteiger partial charge in [0.2, 0.25) is 5.91 Å². The highest BCUT2D eigenvalue weighted by atomic mass is 19.1. The van der Waals surface area contributed by atoms with Crippen molar-refractivity contribution in [3.63, 3.8) is 0 Å². The van der Waals surface area contributed by atoms with Crippen molar-refractivity contribution in [2.45, 2.75) is 19.8 Å². The van der Waals surface area contributed by atoms with Gasteiger partial charge in [-0.25, -0.2) is 4.39 Å². The third kappa shape index (κ3) is 6.19. The first-order valence-electron chi connectivity index (χ1n) is 9.85. The zero-order chi connectivity index (χ0) is 22.4. The number of amides is 1. The van der Waals surface area contributed by atoms with Gasteiger partial charge in [0.25, 0.3) is 5.69 Å². The number of rotatable bonds is 9. The third-order valence-electron chi connectivity index (χ3n) is 4.87. The molecule has 0 unspecified atom stereocenters. The molecule has 8 nitrogen and oxygen atoms in total. The normalized spacial score (nSPS) is 11.0. The van der Waals surface area contributed by atoms with Gasteiger partial charge in [-0.1, -0.05) is 0 Å². The summed E-state index contributed by atoms with van der Waals surface area (Å²) in [6.07, 6.45) is 1.59. The summed E-state index contributed by atoms with van der Waals surface area (Å²) in [5.41, 5.74) is 3.78. The van der Waals surface area contributed by atoms with Gasteiger partial charge in [-0.05, 0) is 75.3 Å². The lowest BCUT2D eigenvalue weighted by Gasteiger charge is -2.16. The Bertz CT molecular complexity index is 1070. The first kappa shape index (κ1) is 22.1. The molecule has 2 aromatic carbocycles. The molecule has 0 spiro atoms. The van der Waals surface area contributed by atoms with E-state index in [0.29, 0.717) is 17.8 Å². The number of nitrogens with zero attached hydrogens (tertiary/aromatic N) is 3. The average Bonchev–Trinajstić information content (AvgIpc) is 3.18. The van der Waals surface area contributed by atoms with Crippen molar-refractivity contribution in [2.75, 3.05) is 25.5 Å². The van der Waals surface area contributed by atoms with Gasteiger partial charge in [-0.15, -0.1) is 0 Å². The molecular formula is C22H24FN5O3. The van der Waals surface area contributed by atoms with Gasteiger partial charge >= 0.3 is 0 Å². The fraction of sp³-hybridized carbons (Fsp3) is 0.273. The number of hydrogen-bond acceptors (Lipinski definition) is 5. The molecule has 1 aromatic heterocycles. The zero-order valence-corrected chi connectivity index (χ0v) is 17.4. The van der Waals surface area contributed by atoms with Gasteiger partial charge in [0.15, 0.2) is 0 Å². The molecule has 0 aliphatic heterocycles. The fourth-order valence-electron chi connectivity index (χ4n) is 3.21. The van der Waals surface area contributed by atoms with E-state index in [4.69, 9.17) is 0 Å². The van der Waals surface area contributed by atoms with E-state index in [1.54, 1.807) is 25.1 Å². The van der Waals surface area contributed by atoms with Crippen LogP contribution < -0.4 is 5.32 Å². The lowest BCUT2D eigenvalue weighted by molar-refractivity contribution is -0.384. The lowest BCUT2D eigenvalue weighted by Crippen LogP contribution is -2.31. The van der Waals surface area contributed by atoms with E-state index in [9.17, 15) is 19.3 Å². The molecule has 31 heavy (non-hydrogen) atoms. The molecule has 0 bridgehead atoms. The minimum atomic E-state index is -0.464. The number of halogens is 1. The Balaban J connectivity index is 1.44. The first-order chi connectivity index (χ1) is 14.8. The number of nitro benzene ring substituents is 1. The maximum Gasteiger partial charge on any atom is 0.269 e. The van der Waals surface area contributed by atoms with Crippen molar-refractivity contribution in [3.8, 4) is 11.3 Å². The quantitative estimate of drug-likeness (QED) is 0.399. The molecule has 9 heteroatoms. The molecule has 2 N–H and O–H groups in total. The summed E-state index contributed by atoms with van der Waals surface area (Å²) in [6.45, 7) is 2.63. The number of hydrogen-bond donors (Lipinski definition) is 2. The van der Waals surface area contributed by atoms with Crippen molar-refractivity contribution in [2.24, 2.45) is 0 Å². The van der Waals surface area contributed by atoms with E-state index < -0.39 is 4.92 Å². The van der Waals surface area contributed by atoms with Crippen LogP contribution in [0.25, 0.3) is 11.3 Å². The smallest absolute Gasteiger partial charge is 0.269 e. The number of anilines is 1. The highest BCUT2D eigenvalue weighted by molar-refractivity contribution is 5.93. The van der Waals surface area contributed by atoms with E-state index >= 15 is 0 Å². The number of nitrogens with one attached hydrogen (secondary N) is 2. The van der Waals surface area contributed by atoms with Crippen LogP contribution in [0, 0.1) is 22.9 Å². The number of nitro groups is 1. The number of aromatic amines is 1. The Kier molecular flexibility index (Phi) is 7.09. The Hall–Kier alpha value is -3.59. The number of benzene rings is 2. The number of carbonyl (C=O) groups is 1. The molecule has 3 rings (SSSR count). The lowest BCUT2D eigenvalue weighted by atomic mass is 10.1. The number of non-ortho nitro benzene ring substituents is 1. The summed E-state index contributed by atoms with van der Waals surface area (Å²) >= 11 is 0. The van der Waals surface area contributed by atoms with Gasteiger partial charge < -0.3 is 5.32 Å². The van der Waals surface area contributed by atoms with Crippen LogP contribution in [0.2, 0.25) is 0 Å². The zero-order valence-electron chi connectivity index (χ0n) is 17.4. The predicted octanol–water partition coefficient (Wildman–Crippen LogP) is 3.94. The molecule has 3 aromatic rings. The molecule has 1 heterocycles. The number of aryl methyl sites for hydroxylation is 2. The van der Waals surface area contributed by atoms with Gasteiger partial charge in [0, 0.05) is 29.1 Å². The topological polar surface area (TPSA) is 104 Å². The number of H-pyrrole nitrogens is 1. The second-order valence-corrected chi connectivity index (χ2v) is 7.43. The molecule has 0 saturated heterocycles. The Morgan fingerprint density at radius 3 is 2.65 bits per heavy atom. The second-order valence-electron chi connectivity index (χ2n) is 7.43. The maximum absolute atomic E-state index is 13.0.